The molecule has 0 saturated heterocycles. The number of hydrogen-bond acceptors (Lipinski definition) is 7. The number of benzene rings is 1. The number of thiazole rings is 1. The van der Waals surface area contributed by atoms with Crippen LogP contribution in [0, 0.1) is 20.8 Å². The van der Waals surface area contributed by atoms with Crippen LogP contribution in [0.15, 0.2) is 41.4 Å². The lowest BCUT2D eigenvalue weighted by atomic mass is 10.1. The monoisotopic (exact) mass is 443 g/mol. The molecule has 0 spiro atoms. The second-order valence-electron chi connectivity index (χ2n) is 6.85. The number of carbonyl (C=O) groups is 1. The van der Waals surface area contributed by atoms with Gasteiger partial charge in [-0.1, -0.05) is 36.0 Å². The van der Waals surface area contributed by atoms with Crippen molar-refractivity contribution in [3.8, 4) is 5.75 Å². The third kappa shape index (κ3) is 5.28. The Labute approximate surface area is 184 Å². The largest absolute Gasteiger partial charge is 0.485 e. The molecule has 0 fully saturated rings. The molecule has 0 aliphatic rings. The van der Waals surface area contributed by atoms with E-state index >= 15 is 0 Å². The second-order valence-corrected chi connectivity index (χ2v) is 9.02. The van der Waals surface area contributed by atoms with Gasteiger partial charge in [-0.25, -0.2) is 4.98 Å². The molecule has 1 N–H and O–H groups in total. The molecule has 7 nitrogen and oxygen atoms in total. The summed E-state index contributed by atoms with van der Waals surface area (Å²) >= 11 is 2.75. The summed E-state index contributed by atoms with van der Waals surface area (Å²) in [5, 5.41) is 14.2. The van der Waals surface area contributed by atoms with Gasteiger partial charge in [-0.15, -0.1) is 28.1 Å². The van der Waals surface area contributed by atoms with Crippen molar-refractivity contribution in [2.75, 3.05) is 5.32 Å². The number of para-hydroxylation sites is 1. The Kier molecular flexibility index (Phi) is 7.28. The van der Waals surface area contributed by atoms with Gasteiger partial charge in [-0.2, -0.15) is 0 Å². The van der Waals surface area contributed by atoms with Crippen LogP contribution in [0.4, 0.5) is 5.13 Å². The molecule has 0 saturated carbocycles. The molecule has 1 amide bonds. The number of ether oxygens (including phenoxy) is 1. The van der Waals surface area contributed by atoms with E-state index in [-0.39, 0.29) is 17.8 Å². The average Bonchev–Trinajstić information content (AvgIpc) is 3.28. The smallest absolute Gasteiger partial charge is 0.239 e. The zero-order chi connectivity index (χ0) is 21.7. The molecule has 3 aromatic rings. The van der Waals surface area contributed by atoms with Crippen molar-refractivity contribution >= 4 is 34.1 Å². The Balaban J connectivity index is 1.70. The number of anilines is 1. The summed E-state index contributed by atoms with van der Waals surface area (Å²) < 4.78 is 7.95. The number of allylic oxidation sites excluding steroid dienone is 1. The molecular weight excluding hydrogens is 418 g/mol. The van der Waals surface area contributed by atoms with Gasteiger partial charge in [0.2, 0.25) is 5.91 Å². The number of aryl methyl sites for hydroxylation is 3. The van der Waals surface area contributed by atoms with Crippen LogP contribution in [0.2, 0.25) is 0 Å². The van der Waals surface area contributed by atoms with Crippen LogP contribution >= 0.6 is 23.1 Å². The Morgan fingerprint density at radius 2 is 2.07 bits per heavy atom. The van der Waals surface area contributed by atoms with Crippen molar-refractivity contribution < 1.29 is 9.53 Å². The highest BCUT2D eigenvalue weighted by Crippen LogP contribution is 2.26. The number of thioether (sulfide) groups is 1. The molecular formula is C21H25N5O2S2. The molecule has 0 radical (unpaired) electrons. The Morgan fingerprint density at radius 3 is 2.70 bits per heavy atom. The highest BCUT2D eigenvalue weighted by atomic mass is 32.2. The normalized spacial score (nSPS) is 11.9. The van der Waals surface area contributed by atoms with Crippen molar-refractivity contribution in [2.24, 2.45) is 0 Å². The minimum Gasteiger partial charge on any atom is -0.485 e. The lowest BCUT2D eigenvalue weighted by molar-refractivity contribution is -0.115. The fourth-order valence-electron chi connectivity index (χ4n) is 2.82. The van der Waals surface area contributed by atoms with Gasteiger partial charge in [0.25, 0.3) is 0 Å². The van der Waals surface area contributed by atoms with Gasteiger partial charge in [0.15, 0.2) is 16.1 Å². The van der Waals surface area contributed by atoms with Crippen molar-refractivity contribution in [1.29, 1.82) is 0 Å². The van der Waals surface area contributed by atoms with Crippen molar-refractivity contribution in [2.45, 2.75) is 51.3 Å². The van der Waals surface area contributed by atoms with Gasteiger partial charge in [-0.05, 0) is 38.8 Å². The quantitative estimate of drug-likeness (QED) is 0.386. The minimum absolute atomic E-state index is 0.129. The number of rotatable bonds is 9. The lowest BCUT2D eigenvalue weighted by Crippen LogP contribution is -2.23. The maximum Gasteiger partial charge on any atom is 0.239 e. The summed E-state index contributed by atoms with van der Waals surface area (Å²) in [6, 6.07) is 6.04. The van der Waals surface area contributed by atoms with E-state index in [0.29, 0.717) is 22.7 Å². The van der Waals surface area contributed by atoms with Crippen LogP contribution in [0.3, 0.4) is 0 Å². The Hall–Kier alpha value is -2.65. The first-order valence-corrected chi connectivity index (χ1v) is 11.3. The SMILES string of the molecule is C=CCn1c(COc2c(C)cccc2C)nnc1S[C@H](C)C(=O)Nc1nc(C)cs1. The zero-order valence-electron chi connectivity index (χ0n) is 17.5. The summed E-state index contributed by atoms with van der Waals surface area (Å²) in [7, 11) is 0. The summed E-state index contributed by atoms with van der Waals surface area (Å²) in [4.78, 5) is 16.8. The second kappa shape index (κ2) is 9.90. The number of carbonyl (C=O) groups excluding carboxylic acids is 1. The van der Waals surface area contributed by atoms with E-state index in [1.54, 1.807) is 6.08 Å². The number of nitrogens with one attached hydrogen (secondary N) is 1. The first-order chi connectivity index (χ1) is 14.4. The molecule has 1 atom stereocenters. The molecule has 158 valence electrons. The summed E-state index contributed by atoms with van der Waals surface area (Å²) in [6.45, 7) is 12.4. The number of nitrogens with zero attached hydrogens (tertiary/aromatic N) is 4. The molecule has 0 aliphatic heterocycles. The summed E-state index contributed by atoms with van der Waals surface area (Å²) in [5.74, 6) is 1.41. The third-order valence-electron chi connectivity index (χ3n) is 4.36. The van der Waals surface area contributed by atoms with E-state index in [0.717, 1.165) is 22.6 Å². The third-order valence-corrected chi connectivity index (χ3v) is 6.32. The van der Waals surface area contributed by atoms with Gasteiger partial charge < -0.3 is 10.1 Å². The fourth-order valence-corrected chi connectivity index (χ4v) is 4.39. The minimum atomic E-state index is -0.366. The maximum absolute atomic E-state index is 12.5. The molecule has 0 unspecified atom stereocenters. The van der Waals surface area contributed by atoms with Gasteiger partial charge in [0.05, 0.1) is 10.9 Å². The van der Waals surface area contributed by atoms with Crippen LogP contribution in [-0.2, 0) is 17.9 Å². The van der Waals surface area contributed by atoms with Gasteiger partial charge >= 0.3 is 0 Å². The predicted molar refractivity (Wildman–Crippen MR) is 121 cm³/mol. The van der Waals surface area contributed by atoms with E-state index in [1.165, 1.54) is 23.1 Å². The number of aromatic nitrogens is 4. The van der Waals surface area contributed by atoms with Gasteiger partial charge in [-0.3, -0.25) is 9.36 Å². The predicted octanol–water partition coefficient (Wildman–Crippen LogP) is 4.54. The first kappa shape index (κ1) is 22.0. The van der Waals surface area contributed by atoms with Crippen molar-refractivity contribution in [3.63, 3.8) is 0 Å². The highest BCUT2D eigenvalue weighted by Gasteiger charge is 2.21. The number of hydrogen-bond donors (Lipinski definition) is 1. The van der Waals surface area contributed by atoms with Crippen LogP contribution in [0.25, 0.3) is 0 Å². The van der Waals surface area contributed by atoms with Crippen LogP contribution < -0.4 is 10.1 Å². The lowest BCUT2D eigenvalue weighted by Gasteiger charge is -2.14. The molecule has 0 bridgehead atoms. The van der Waals surface area contributed by atoms with Gasteiger partial charge in [0.1, 0.15) is 12.4 Å². The van der Waals surface area contributed by atoms with E-state index < -0.39 is 0 Å². The summed E-state index contributed by atoms with van der Waals surface area (Å²) in [6.07, 6.45) is 1.78. The molecule has 9 heteroatoms. The molecule has 2 aromatic heterocycles. The molecule has 2 heterocycles. The summed E-state index contributed by atoms with van der Waals surface area (Å²) in [5.41, 5.74) is 3.03. The Bertz CT molecular complexity index is 1020. The Morgan fingerprint density at radius 1 is 1.33 bits per heavy atom. The number of amides is 1. The van der Waals surface area contributed by atoms with Crippen LogP contribution in [0.1, 0.15) is 29.6 Å². The average molecular weight is 444 g/mol. The van der Waals surface area contributed by atoms with Gasteiger partial charge in [0, 0.05) is 11.9 Å². The van der Waals surface area contributed by atoms with E-state index in [1.807, 2.05) is 55.8 Å². The zero-order valence-corrected chi connectivity index (χ0v) is 19.1. The maximum atomic E-state index is 12.5. The van der Waals surface area contributed by atoms with E-state index in [9.17, 15) is 4.79 Å². The fraction of sp³-hybridized carbons (Fsp3) is 0.333. The molecule has 1 aromatic carbocycles. The van der Waals surface area contributed by atoms with Crippen LogP contribution in [-0.4, -0.2) is 30.9 Å². The topological polar surface area (TPSA) is 81.9 Å². The molecule has 0 aliphatic carbocycles. The molecule has 30 heavy (non-hydrogen) atoms. The first-order valence-electron chi connectivity index (χ1n) is 9.50. The van der Waals surface area contributed by atoms with Crippen molar-refractivity contribution in [1.82, 2.24) is 19.7 Å². The molecule has 3 rings (SSSR count). The van der Waals surface area contributed by atoms with E-state index in [2.05, 4.69) is 27.1 Å². The standard InChI is InChI=1S/C21H25N5O2S2/c1-6-10-26-17(11-28-18-13(2)8-7-9-14(18)3)24-25-21(26)30-16(5)19(27)23-20-22-15(4)12-29-20/h6-9,12,16H,1,10-11H2,2-5H3,(H,22,23,27)/t16-/m1/s1. The van der Waals surface area contributed by atoms with Crippen LogP contribution in [0.5, 0.6) is 5.75 Å². The van der Waals surface area contributed by atoms with Crippen molar-refractivity contribution in [3.05, 3.63) is 58.9 Å². The van der Waals surface area contributed by atoms with E-state index in [4.69, 9.17) is 4.74 Å². The highest BCUT2D eigenvalue weighted by molar-refractivity contribution is 8.00.